The Morgan fingerprint density at radius 2 is 1.69 bits per heavy atom. The Hall–Kier alpha value is -1.24. The minimum atomic E-state index is -5.88. The Morgan fingerprint density at radius 3 is 2.19 bits per heavy atom. The lowest BCUT2D eigenvalue weighted by molar-refractivity contribution is -0.360. The average molecular weight is 262 g/mol. The van der Waals surface area contributed by atoms with Crippen LogP contribution in [-0.2, 0) is 5.11 Å². The molecule has 8 heteroatoms. The summed E-state index contributed by atoms with van der Waals surface area (Å²) in [5.74, 6) is -1.92. The number of hydrogen-bond donors (Lipinski definition) is 0. The van der Waals surface area contributed by atoms with Crippen molar-refractivity contribution in [2.24, 2.45) is 0 Å². The Labute approximate surface area is 91.2 Å². The van der Waals surface area contributed by atoms with E-state index in [4.69, 9.17) is 11.6 Å². The summed E-state index contributed by atoms with van der Waals surface area (Å²) in [6, 6.07) is 2.60. The molecule has 0 aliphatic carbocycles. The summed E-state index contributed by atoms with van der Waals surface area (Å²) in [4.78, 5) is 0. The van der Waals surface area contributed by atoms with E-state index in [0.29, 0.717) is 0 Å². The van der Waals surface area contributed by atoms with E-state index in [1.165, 1.54) is 0 Å². The van der Waals surface area contributed by atoms with Gasteiger partial charge in [-0.05, 0) is 12.1 Å². The molecule has 0 N–H and O–H groups in total. The maximum absolute atomic E-state index is 12.4. The molecule has 0 atom stereocenters. The van der Waals surface area contributed by atoms with Gasteiger partial charge in [0.2, 0.25) is 5.75 Å². The molecular weight excluding hydrogens is 259 g/mol. The molecule has 0 spiro atoms. The summed E-state index contributed by atoms with van der Waals surface area (Å²) >= 11 is 5.21. The van der Waals surface area contributed by atoms with Crippen LogP contribution in [0, 0.1) is 0 Å². The Morgan fingerprint density at radius 1 is 1.12 bits per heavy atom. The van der Waals surface area contributed by atoms with E-state index in [1.54, 1.807) is 0 Å². The van der Waals surface area contributed by atoms with Gasteiger partial charge in [-0.3, -0.25) is 5.11 Å². The van der Waals surface area contributed by atoms with Gasteiger partial charge in [0.25, 0.3) is 0 Å². The van der Waals surface area contributed by atoms with Gasteiger partial charge in [-0.1, -0.05) is 17.7 Å². The van der Waals surface area contributed by atoms with Gasteiger partial charge in [-0.25, -0.2) is 0 Å². The molecule has 1 aromatic rings. The number of hydrogen-bond acceptors (Lipinski definition) is 1. The van der Waals surface area contributed by atoms with Gasteiger partial charge in [-0.2, -0.15) is 22.0 Å². The monoisotopic (exact) mass is 261 g/mol. The minimum absolute atomic E-state index is 0.739. The van der Waals surface area contributed by atoms with Crippen LogP contribution in [-0.4, -0.2) is 12.3 Å². The van der Waals surface area contributed by atoms with Crippen molar-refractivity contribution in [3.63, 3.8) is 0 Å². The predicted octanol–water partition coefficient (Wildman–Crippen LogP) is 4.02. The van der Waals surface area contributed by atoms with Gasteiger partial charge >= 0.3 is 12.3 Å². The minimum Gasteiger partial charge on any atom is -0.424 e. The molecule has 0 heterocycles. The van der Waals surface area contributed by atoms with Crippen molar-refractivity contribution in [2.45, 2.75) is 12.3 Å². The molecule has 1 radical (unpaired) electrons. The zero-order valence-electron chi connectivity index (χ0n) is 7.32. The van der Waals surface area contributed by atoms with E-state index in [-0.39, 0.29) is 0 Å². The van der Waals surface area contributed by atoms with Gasteiger partial charge in [0.1, 0.15) is 10.8 Å². The van der Waals surface area contributed by atoms with Crippen LogP contribution in [0.25, 0.3) is 0 Å². The third kappa shape index (κ3) is 2.46. The van der Waals surface area contributed by atoms with Crippen LogP contribution in [0.2, 0.25) is 5.02 Å². The van der Waals surface area contributed by atoms with E-state index in [9.17, 15) is 27.1 Å². The molecule has 1 rings (SSSR count). The third-order valence-corrected chi connectivity index (χ3v) is 1.87. The topological polar surface area (TPSA) is 29.1 Å². The smallest absolute Gasteiger partial charge is 0.424 e. The molecule has 0 unspecified atom stereocenters. The van der Waals surface area contributed by atoms with Crippen LogP contribution in [0.1, 0.15) is 0 Å². The fourth-order valence-electron chi connectivity index (χ4n) is 0.765. The molecule has 16 heavy (non-hydrogen) atoms. The van der Waals surface area contributed by atoms with Crippen molar-refractivity contribution in [1.82, 2.24) is 0 Å². The molecule has 89 valence electrons. The molecule has 0 bridgehead atoms. The summed E-state index contributed by atoms with van der Waals surface area (Å²) in [6.45, 7) is 0. The number of halogens is 6. The van der Waals surface area contributed by atoms with Gasteiger partial charge in [0, 0.05) is 0 Å². The van der Waals surface area contributed by atoms with Gasteiger partial charge in [-0.15, -0.1) is 0 Å². The Kier molecular flexibility index (Phi) is 3.18. The van der Waals surface area contributed by atoms with E-state index in [1.807, 2.05) is 0 Å². The first-order valence-electron chi connectivity index (χ1n) is 3.74. The lowest BCUT2D eigenvalue weighted by Gasteiger charge is -2.20. The van der Waals surface area contributed by atoms with E-state index in [2.05, 4.69) is 4.74 Å². The maximum Gasteiger partial charge on any atom is 0.499 e. The maximum atomic E-state index is 12.4. The van der Waals surface area contributed by atoms with Crippen molar-refractivity contribution < 1.29 is 31.8 Å². The highest BCUT2D eigenvalue weighted by atomic mass is 35.5. The average Bonchev–Trinajstić information content (AvgIpc) is 2.11. The molecular formula is C8H3ClF5O2. The number of rotatable bonds is 2. The molecule has 0 aliphatic rings. The summed E-state index contributed by atoms with van der Waals surface area (Å²) in [7, 11) is 0. The first kappa shape index (κ1) is 12.8. The van der Waals surface area contributed by atoms with Crippen molar-refractivity contribution in [1.29, 1.82) is 0 Å². The number of alkyl halides is 5. The summed E-state index contributed by atoms with van der Waals surface area (Å²) in [6.07, 6.45) is -11.3. The zero-order valence-corrected chi connectivity index (χ0v) is 8.07. The van der Waals surface area contributed by atoms with Crippen LogP contribution >= 0.6 is 11.6 Å². The molecule has 0 saturated heterocycles. The predicted molar refractivity (Wildman–Crippen MR) is 43.2 cm³/mol. The summed E-state index contributed by atoms with van der Waals surface area (Å²) in [5, 5.41) is 10.0. The molecule has 0 aromatic heterocycles. The fourth-order valence-corrected chi connectivity index (χ4v) is 0.930. The summed E-state index contributed by atoms with van der Waals surface area (Å²) < 4.78 is 63.5. The Bertz CT molecular complexity index is 391. The quantitative estimate of drug-likeness (QED) is 0.739. The molecule has 1 aromatic carbocycles. The molecule has 0 aliphatic heterocycles. The lowest BCUT2D eigenvalue weighted by atomic mass is 10.3. The zero-order chi connectivity index (χ0) is 12.6. The van der Waals surface area contributed by atoms with Crippen molar-refractivity contribution in [3.8, 4) is 11.5 Å². The van der Waals surface area contributed by atoms with E-state index in [0.717, 1.165) is 18.2 Å². The SMILES string of the molecule is [O]c1cccc(OC(F)(F)C(F)(F)F)c1Cl. The van der Waals surface area contributed by atoms with E-state index < -0.39 is 28.8 Å². The van der Waals surface area contributed by atoms with Crippen LogP contribution in [0.15, 0.2) is 18.2 Å². The number of ether oxygens (including phenoxy) is 1. The van der Waals surface area contributed by atoms with Crippen molar-refractivity contribution in [2.75, 3.05) is 0 Å². The van der Waals surface area contributed by atoms with Gasteiger partial charge in [0.15, 0.2) is 0 Å². The first-order chi connectivity index (χ1) is 7.15. The Balaban J connectivity index is 3.02. The highest BCUT2D eigenvalue weighted by Crippen LogP contribution is 2.41. The van der Waals surface area contributed by atoms with Gasteiger partial charge < -0.3 is 4.74 Å². The second kappa shape index (κ2) is 3.97. The molecule has 0 fully saturated rings. The first-order valence-corrected chi connectivity index (χ1v) is 4.12. The standard InChI is InChI=1S/C8H3ClF5O2/c9-6-4(15)2-1-3-5(6)16-8(13,14)7(10,11)12/h1-3H. The molecule has 2 nitrogen and oxygen atoms in total. The van der Waals surface area contributed by atoms with Crippen LogP contribution < -0.4 is 4.74 Å². The van der Waals surface area contributed by atoms with Crippen LogP contribution in [0.5, 0.6) is 11.5 Å². The van der Waals surface area contributed by atoms with Crippen molar-refractivity contribution in [3.05, 3.63) is 23.2 Å². The lowest BCUT2D eigenvalue weighted by Crippen LogP contribution is -2.41. The van der Waals surface area contributed by atoms with E-state index >= 15 is 0 Å². The second-order valence-electron chi connectivity index (χ2n) is 2.68. The number of benzene rings is 1. The normalized spacial score (nSPS) is 12.6. The highest BCUT2D eigenvalue weighted by molar-refractivity contribution is 6.33. The van der Waals surface area contributed by atoms with Gasteiger partial charge in [0.05, 0.1) is 0 Å². The fraction of sp³-hybridized carbons (Fsp3) is 0.250. The second-order valence-corrected chi connectivity index (χ2v) is 3.06. The largest absolute Gasteiger partial charge is 0.499 e. The van der Waals surface area contributed by atoms with Crippen molar-refractivity contribution >= 4 is 11.6 Å². The molecule has 0 saturated carbocycles. The van der Waals surface area contributed by atoms with Crippen LogP contribution in [0.4, 0.5) is 22.0 Å². The van der Waals surface area contributed by atoms with Crippen LogP contribution in [0.3, 0.4) is 0 Å². The third-order valence-electron chi connectivity index (χ3n) is 1.50. The molecule has 0 amide bonds. The summed E-state index contributed by atoms with van der Waals surface area (Å²) in [5.41, 5.74) is 0. The highest BCUT2D eigenvalue weighted by Gasteiger charge is 2.61.